The van der Waals surface area contributed by atoms with E-state index >= 15 is 4.39 Å². The van der Waals surface area contributed by atoms with E-state index in [-0.39, 0.29) is 64.8 Å². The van der Waals surface area contributed by atoms with E-state index in [0.29, 0.717) is 75.4 Å². The Morgan fingerprint density at radius 1 is 1.15 bits per heavy atom. The highest BCUT2D eigenvalue weighted by Crippen LogP contribution is 2.42. The van der Waals surface area contributed by atoms with Crippen molar-refractivity contribution in [1.82, 2.24) is 25.2 Å². The van der Waals surface area contributed by atoms with Gasteiger partial charge in [-0.15, -0.1) is 0 Å². The number of nitrogens with one attached hydrogen (secondary N) is 1. The van der Waals surface area contributed by atoms with Crippen molar-refractivity contribution < 1.29 is 27.4 Å². The van der Waals surface area contributed by atoms with Crippen LogP contribution in [0, 0.1) is 17.6 Å². The van der Waals surface area contributed by atoms with Crippen LogP contribution in [-0.2, 0) is 16.0 Å². The number of carbonyl (C=O) groups is 1. The van der Waals surface area contributed by atoms with Crippen LogP contribution in [-0.4, -0.2) is 90.0 Å². The number of alkyl halides is 1. The molecule has 6 bridgehead atoms. The second-order valence-corrected chi connectivity index (χ2v) is 13.3. The van der Waals surface area contributed by atoms with Gasteiger partial charge in [-0.05, 0) is 50.3 Å². The molecule has 46 heavy (non-hydrogen) atoms. The number of halogens is 4. The molecule has 0 spiro atoms. The highest BCUT2D eigenvalue weighted by Gasteiger charge is 2.49. The monoisotopic (exact) mass is 659 g/mol. The minimum Gasteiger partial charge on any atom is -0.461 e. The number of amides is 1. The van der Waals surface area contributed by atoms with Gasteiger partial charge in [-0.3, -0.25) is 14.7 Å². The first-order valence-electron chi connectivity index (χ1n) is 16.0. The van der Waals surface area contributed by atoms with Crippen molar-refractivity contribution in [2.75, 3.05) is 63.2 Å². The number of rotatable bonds is 3. The maximum Gasteiger partial charge on any atom is 0.319 e. The second kappa shape index (κ2) is 12.6. The molecule has 7 heterocycles. The Morgan fingerprint density at radius 2 is 2.00 bits per heavy atom. The first kappa shape index (κ1) is 31.2. The summed E-state index contributed by atoms with van der Waals surface area (Å²) in [4.78, 5) is 30.6. The summed E-state index contributed by atoms with van der Waals surface area (Å²) in [6.07, 6.45) is 4.25. The predicted octanol–water partition coefficient (Wildman–Crippen LogP) is 4.46. The van der Waals surface area contributed by atoms with Gasteiger partial charge in [0.15, 0.2) is 11.6 Å². The topological polar surface area (TPSA) is 119 Å². The molecule has 5 aliphatic rings. The third kappa shape index (κ3) is 5.81. The fraction of sp³-hybridized carbons (Fsp3) is 0.562. The maximum absolute atomic E-state index is 16.8. The van der Waals surface area contributed by atoms with Crippen LogP contribution in [0.5, 0.6) is 6.01 Å². The van der Waals surface area contributed by atoms with Crippen molar-refractivity contribution in [3.8, 4) is 17.3 Å². The van der Waals surface area contributed by atoms with Crippen LogP contribution < -0.4 is 20.7 Å². The molecule has 14 heteroatoms. The Labute approximate surface area is 269 Å². The molecule has 0 aliphatic carbocycles. The molecule has 3 fully saturated rings. The summed E-state index contributed by atoms with van der Waals surface area (Å²) in [5.41, 5.74) is 5.77. The summed E-state index contributed by atoms with van der Waals surface area (Å²) in [7, 11) is 0. The molecule has 3 atom stereocenters. The Kier molecular flexibility index (Phi) is 8.58. The molecule has 3 aromatic rings. The van der Waals surface area contributed by atoms with Gasteiger partial charge in [-0.1, -0.05) is 11.6 Å². The SMILES string of the molecule is Nc1cc2c(c(Cl)c1F)CCCCC(=O)NCC1COCCN(C1)c1nc(OC[C@@]34CCCN3C[C@H](F)C4)nc3c(F)c-2ncc13. The highest BCUT2D eigenvalue weighted by molar-refractivity contribution is 6.32. The molecule has 5 aliphatic heterocycles. The average Bonchev–Trinajstić information content (AvgIpc) is 3.45. The van der Waals surface area contributed by atoms with Gasteiger partial charge in [0.05, 0.1) is 34.8 Å². The predicted molar refractivity (Wildman–Crippen MR) is 168 cm³/mol. The first-order valence-corrected chi connectivity index (χ1v) is 16.3. The molecule has 246 valence electrons. The fourth-order valence-corrected chi connectivity index (χ4v) is 7.74. The van der Waals surface area contributed by atoms with Crippen molar-refractivity contribution in [3.05, 3.63) is 34.5 Å². The lowest BCUT2D eigenvalue weighted by molar-refractivity contribution is -0.121. The number of nitrogen functional groups attached to an aromatic ring is 1. The number of anilines is 2. The van der Waals surface area contributed by atoms with Crippen LogP contribution in [0.4, 0.5) is 24.7 Å². The Bertz CT molecular complexity index is 1670. The number of nitrogens with zero attached hydrogens (tertiary/aromatic N) is 5. The van der Waals surface area contributed by atoms with Gasteiger partial charge in [0, 0.05) is 56.7 Å². The molecule has 0 radical (unpaired) electrons. The zero-order valence-corrected chi connectivity index (χ0v) is 26.2. The normalized spacial score (nSPS) is 25.7. The molecule has 3 N–H and O–H groups in total. The van der Waals surface area contributed by atoms with Crippen LogP contribution in [0.1, 0.15) is 44.1 Å². The number of carbonyl (C=O) groups excluding carboxylic acids is 1. The third-order valence-electron chi connectivity index (χ3n) is 9.77. The maximum atomic E-state index is 16.8. The van der Waals surface area contributed by atoms with E-state index in [1.807, 2.05) is 4.90 Å². The summed E-state index contributed by atoms with van der Waals surface area (Å²) < 4.78 is 58.2. The van der Waals surface area contributed by atoms with E-state index < -0.39 is 23.3 Å². The number of fused-ring (bicyclic) bond motifs is 8. The van der Waals surface area contributed by atoms with E-state index in [1.165, 1.54) is 12.3 Å². The lowest BCUT2D eigenvalue weighted by Gasteiger charge is -2.31. The number of pyridine rings is 1. The summed E-state index contributed by atoms with van der Waals surface area (Å²) in [5, 5.41) is 3.16. The standard InChI is InChI=1S/C32H37ClF3N7O3/c33-25-20-4-1-2-5-24(44)38-12-18-14-42(8-9-45-16-18)30-22-13-39-28(21(20)10-23(37)26(25)35)27(36)29(22)40-31(41-30)46-17-32-6-3-7-43(32)15-19(34)11-32/h10,13,18-19H,1-9,11-12,14-17,37H2,(H,38,44)/t18?,19-,32+/m1/s1. The lowest BCUT2D eigenvalue weighted by Crippen LogP contribution is -2.43. The van der Waals surface area contributed by atoms with Crippen LogP contribution in [0.3, 0.4) is 0 Å². The van der Waals surface area contributed by atoms with Gasteiger partial charge >= 0.3 is 6.01 Å². The zero-order chi connectivity index (χ0) is 32.0. The second-order valence-electron chi connectivity index (χ2n) is 12.9. The molecule has 8 rings (SSSR count). The number of hydrogen-bond acceptors (Lipinski definition) is 9. The molecular formula is C32H37ClF3N7O3. The van der Waals surface area contributed by atoms with Crippen LogP contribution >= 0.6 is 11.6 Å². The number of ether oxygens (including phenoxy) is 2. The molecule has 0 saturated carbocycles. The summed E-state index contributed by atoms with van der Waals surface area (Å²) in [5.74, 6) is -1.28. The summed E-state index contributed by atoms with van der Waals surface area (Å²) in [6.45, 7) is 3.49. The van der Waals surface area contributed by atoms with Crippen molar-refractivity contribution >= 4 is 39.9 Å². The molecule has 1 unspecified atom stereocenters. The quantitative estimate of drug-likeness (QED) is 0.393. The third-order valence-corrected chi connectivity index (χ3v) is 10.2. The van der Waals surface area contributed by atoms with Gasteiger partial charge < -0.3 is 25.4 Å². The van der Waals surface area contributed by atoms with Crippen molar-refractivity contribution in [2.24, 2.45) is 5.92 Å². The molecule has 3 saturated heterocycles. The number of benzene rings is 1. The van der Waals surface area contributed by atoms with Crippen molar-refractivity contribution in [1.29, 1.82) is 0 Å². The molecule has 1 aromatic carbocycles. The highest BCUT2D eigenvalue weighted by atomic mass is 35.5. The molecule has 1 amide bonds. The minimum absolute atomic E-state index is 0.0233. The van der Waals surface area contributed by atoms with Crippen LogP contribution in [0.15, 0.2) is 12.3 Å². The van der Waals surface area contributed by atoms with Crippen LogP contribution in [0.25, 0.3) is 22.2 Å². The van der Waals surface area contributed by atoms with E-state index in [4.69, 9.17) is 31.8 Å². The minimum atomic E-state index is -0.933. The Balaban J connectivity index is 1.36. The van der Waals surface area contributed by atoms with Gasteiger partial charge in [0.1, 0.15) is 29.8 Å². The number of nitrogens with two attached hydrogens (primary N) is 1. The zero-order valence-electron chi connectivity index (χ0n) is 25.5. The lowest BCUT2D eigenvalue weighted by atomic mass is 9.95. The molecule has 10 nitrogen and oxygen atoms in total. The van der Waals surface area contributed by atoms with E-state index in [9.17, 15) is 13.6 Å². The van der Waals surface area contributed by atoms with Gasteiger partial charge in [-0.25, -0.2) is 13.2 Å². The van der Waals surface area contributed by atoms with E-state index in [2.05, 4.69) is 20.2 Å². The first-order chi connectivity index (χ1) is 22.2. The van der Waals surface area contributed by atoms with Gasteiger partial charge in [0.2, 0.25) is 5.91 Å². The van der Waals surface area contributed by atoms with E-state index in [1.54, 1.807) is 0 Å². The number of hydrogen-bond donors (Lipinski definition) is 2. The Hall–Kier alpha value is -3.42. The van der Waals surface area contributed by atoms with Crippen molar-refractivity contribution in [2.45, 2.75) is 56.7 Å². The van der Waals surface area contributed by atoms with Gasteiger partial charge in [-0.2, -0.15) is 9.97 Å². The number of aromatic nitrogens is 3. The largest absolute Gasteiger partial charge is 0.461 e. The van der Waals surface area contributed by atoms with Crippen LogP contribution in [0.2, 0.25) is 5.02 Å². The summed E-state index contributed by atoms with van der Waals surface area (Å²) >= 11 is 6.45. The van der Waals surface area contributed by atoms with E-state index in [0.717, 1.165) is 19.4 Å². The van der Waals surface area contributed by atoms with Gasteiger partial charge in [0.25, 0.3) is 0 Å². The molecular weight excluding hydrogens is 623 g/mol. The van der Waals surface area contributed by atoms with Crippen molar-refractivity contribution in [3.63, 3.8) is 0 Å². The fourth-order valence-electron chi connectivity index (χ4n) is 7.43. The summed E-state index contributed by atoms with van der Waals surface area (Å²) in [6, 6.07) is 1.30. The molecule has 2 aromatic heterocycles. The average molecular weight is 660 g/mol. The Morgan fingerprint density at radius 3 is 2.87 bits per heavy atom. The smallest absolute Gasteiger partial charge is 0.319 e.